The van der Waals surface area contributed by atoms with Crippen LogP contribution < -0.4 is 5.32 Å². The minimum absolute atomic E-state index is 0.104. The van der Waals surface area contributed by atoms with Gasteiger partial charge in [0.15, 0.2) is 0 Å². The number of ether oxygens (including phenoxy) is 1. The molecule has 0 aliphatic carbocycles. The van der Waals surface area contributed by atoms with E-state index in [1.165, 1.54) is 5.56 Å². The molecule has 5 heteroatoms. The molecule has 5 nitrogen and oxygen atoms in total. The van der Waals surface area contributed by atoms with Crippen molar-refractivity contribution in [3.63, 3.8) is 0 Å². The fourth-order valence-electron chi connectivity index (χ4n) is 2.62. The Labute approximate surface area is 144 Å². The number of rotatable bonds is 8. The smallest absolute Gasteiger partial charge is 0.318 e. The fourth-order valence-corrected chi connectivity index (χ4v) is 2.62. The molecule has 130 valence electrons. The first-order chi connectivity index (χ1) is 11.7. The Bertz CT molecular complexity index is 526. The van der Waals surface area contributed by atoms with Gasteiger partial charge in [0.05, 0.1) is 13.2 Å². The standard InChI is InChI=1S/C19H27N3O2/c1-3-9-22(10-4-2)19(23)20-15-17-5-7-18(8-6-17)16-21-11-13-24-14-12-21/h3-8H,1-2,9-16H2,(H,20,23). The molecule has 1 aromatic carbocycles. The molecule has 0 atom stereocenters. The third-order valence-electron chi connectivity index (χ3n) is 3.96. The van der Waals surface area contributed by atoms with Crippen LogP contribution in [0, 0.1) is 0 Å². The molecule has 0 bridgehead atoms. The monoisotopic (exact) mass is 329 g/mol. The molecule has 1 heterocycles. The van der Waals surface area contributed by atoms with Crippen molar-refractivity contribution in [2.75, 3.05) is 39.4 Å². The van der Waals surface area contributed by atoms with Crippen molar-refractivity contribution in [2.24, 2.45) is 0 Å². The average molecular weight is 329 g/mol. The second-order valence-corrected chi connectivity index (χ2v) is 5.85. The van der Waals surface area contributed by atoms with Crippen LogP contribution in [0.2, 0.25) is 0 Å². The predicted octanol–water partition coefficient (Wildman–Crippen LogP) is 2.40. The Balaban J connectivity index is 1.81. The van der Waals surface area contributed by atoms with Gasteiger partial charge in [-0.25, -0.2) is 4.79 Å². The first-order valence-corrected chi connectivity index (χ1v) is 8.35. The Morgan fingerprint density at radius 3 is 2.29 bits per heavy atom. The van der Waals surface area contributed by atoms with Crippen molar-refractivity contribution >= 4 is 6.03 Å². The van der Waals surface area contributed by atoms with Crippen molar-refractivity contribution in [3.8, 4) is 0 Å². The summed E-state index contributed by atoms with van der Waals surface area (Å²) in [6.45, 7) is 13.4. The zero-order chi connectivity index (χ0) is 17.2. The van der Waals surface area contributed by atoms with Crippen LogP contribution in [0.1, 0.15) is 11.1 Å². The molecule has 2 rings (SSSR count). The van der Waals surface area contributed by atoms with Gasteiger partial charge in [0.1, 0.15) is 0 Å². The molecule has 1 fully saturated rings. The Kier molecular flexibility index (Phi) is 7.52. The third-order valence-corrected chi connectivity index (χ3v) is 3.96. The van der Waals surface area contributed by atoms with Crippen molar-refractivity contribution in [1.29, 1.82) is 0 Å². The van der Waals surface area contributed by atoms with E-state index in [1.807, 2.05) is 0 Å². The lowest BCUT2D eigenvalue weighted by molar-refractivity contribution is 0.0342. The molecule has 1 aliphatic rings. The van der Waals surface area contributed by atoms with E-state index in [0.29, 0.717) is 19.6 Å². The molecule has 0 unspecified atom stereocenters. The average Bonchev–Trinajstić information content (AvgIpc) is 2.61. The van der Waals surface area contributed by atoms with E-state index in [1.54, 1.807) is 17.1 Å². The van der Waals surface area contributed by atoms with Gasteiger partial charge in [-0.1, -0.05) is 36.4 Å². The molecule has 0 spiro atoms. The molecule has 1 aliphatic heterocycles. The number of urea groups is 1. The second-order valence-electron chi connectivity index (χ2n) is 5.85. The first kappa shape index (κ1) is 18.2. The summed E-state index contributed by atoms with van der Waals surface area (Å²) in [4.78, 5) is 16.2. The first-order valence-electron chi connectivity index (χ1n) is 8.35. The van der Waals surface area contributed by atoms with Gasteiger partial charge in [0, 0.05) is 39.3 Å². The van der Waals surface area contributed by atoms with E-state index in [9.17, 15) is 4.79 Å². The maximum Gasteiger partial charge on any atom is 0.318 e. The van der Waals surface area contributed by atoms with Crippen LogP contribution in [0.25, 0.3) is 0 Å². The summed E-state index contributed by atoms with van der Waals surface area (Å²) in [6.07, 6.45) is 3.42. The van der Waals surface area contributed by atoms with Gasteiger partial charge in [-0.15, -0.1) is 13.2 Å². The molecule has 1 saturated heterocycles. The summed E-state index contributed by atoms with van der Waals surface area (Å²) in [5.74, 6) is 0. The van der Waals surface area contributed by atoms with E-state index in [-0.39, 0.29) is 6.03 Å². The van der Waals surface area contributed by atoms with Gasteiger partial charge in [-0.2, -0.15) is 0 Å². The summed E-state index contributed by atoms with van der Waals surface area (Å²) in [6, 6.07) is 8.29. The lowest BCUT2D eigenvalue weighted by Gasteiger charge is -2.26. The number of benzene rings is 1. The SMILES string of the molecule is C=CCN(CC=C)C(=O)NCc1ccc(CN2CCOCC2)cc1. The molecule has 0 aromatic heterocycles. The fraction of sp³-hybridized carbons (Fsp3) is 0.421. The van der Waals surface area contributed by atoms with E-state index in [4.69, 9.17) is 4.74 Å². The minimum atomic E-state index is -0.104. The Morgan fingerprint density at radius 2 is 1.71 bits per heavy atom. The number of carbonyl (C=O) groups is 1. The molecular formula is C19H27N3O2. The van der Waals surface area contributed by atoms with Crippen LogP contribution in [0.3, 0.4) is 0 Å². The molecular weight excluding hydrogens is 302 g/mol. The largest absolute Gasteiger partial charge is 0.379 e. The summed E-state index contributed by atoms with van der Waals surface area (Å²) in [5, 5.41) is 2.93. The number of amides is 2. The zero-order valence-electron chi connectivity index (χ0n) is 14.2. The maximum atomic E-state index is 12.1. The van der Waals surface area contributed by atoms with Gasteiger partial charge in [0.2, 0.25) is 0 Å². The van der Waals surface area contributed by atoms with Gasteiger partial charge < -0.3 is 15.0 Å². The van der Waals surface area contributed by atoms with Crippen LogP contribution >= 0.6 is 0 Å². The highest BCUT2D eigenvalue weighted by Gasteiger charge is 2.11. The van der Waals surface area contributed by atoms with E-state index in [0.717, 1.165) is 38.4 Å². The molecule has 24 heavy (non-hydrogen) atoms. The number of nitrogens with zero attached hydrogens (tertiary/aromatic N) is 2. The molecule has 2 amide bonds. The van der Waals surface area contributed by atoms with Gasteiger partial charge in [0.25, 0.3) is 0 Å². The Morgan fingerprint density at radius 1 is 1.12 bits per heavy atom. The van der Waals surface area contributed by atoms with Crippen molar-refractivity contribution in [3.05, 3.63) is 60.7 Å². The second kappa shape index (κ2) is 9.90. The van der Waals surface area contributed by atoms with Crippen LogP contribution in [-0.2, 0) is 17.8 Å². The van der Waals surface area contributed by atoms with Crippen LogP contribution in [0.4, 0.5) is 4.79 Å². The van der Waals surface area contributed by atoms with Crippen LogP contribution in [0.5, 0.6) is 0 Å². The van der Waals surface area contributed by atoms with Crippen molar-refractivity contribution in [1.82, 2.24) is 15.1 Å². The number of nitrogens with one attached hydrogen (secondary N) is 1. The normalized spacial score (nSPS) is 14.8. The van der Waals surface area contributed by atoms with E-state index in [2.05, 4.69) is 47.6 Å². The van der Waals surface area contributed by atoms with Crippen LogP contribution in [-0.4, -0.2) is 55.2 Å². The summed E-state index contributed by atoms with van der Waals surface area (Å²) < 4.78 is 5.37. The van der Waals surface area contributed by atoms with Gasteiger partial charge in [-0.3, -0.25) is 4.90 Å². The topological polar surface area (TPSA) is 44.8 Å². The molecule has 1 aromatic rings. The lowest BCUT2D eigenvalue weighted by atomic mass is 10.1. The minimum Gasteiger partial charge on any atom is -0.379 e. The molecule has 0 saturated carbocycles. The van der Waals surface area contributed by atoms with E-state index < -0.39 is 0 Å². The van der Waals surface area contributed by atoms with E-state index >= 15 is 0 Å². The highest BCUT2D eigenvalue weighted by molar-refractivity contribution is 5.74. The van der Waals surface area contributed by atoms with Crippen molar-refractivity contribution in [2.45, 2.75) is 13.1 Å². The summed E-state index contributed by atoms with van der Waals surface area (Å²) in [5.41, 5.74) is 2.37. The summed E-state index contributed by atoms with van der Waals surface area (Å²) >= 11 is 0. The highest BCUT2D eigenvalue weighted by Crippen LogP contribution is 2.09. The van der Waals surface area contributed by atoms with Crippen LogP contribution in [0.15, 0.2) is 49.6 Å². The zero-order valence-corrected chi connectivity index (χ0v) is 14.2. The molecule has 1 N–H and O–H groups in total. The number of morpholine rings is 1. The van der Waals surface area contributed by atoms with Gasteiger partial charge in [-0.05, 0) is 11.1 Å². The van der Waals surface area contributed by atoms with Crippen molar-refractivity contribution < 1.29 is 9.53 Å². The number of hydrogen-bond acceptors (Lipinski definition) is 3. The third kappa shape index (κ3) is 5.83. The highest BCUT2D eigenvalue weighted by atomic mass is 16.5. The van der Waals surface area contributed by atoms with Gasteiger partial charge >= 0.3 is 6.03 Å². The molecule has 0 radical (unpaired) electrons. The number of hydrogen-bond donors (Lipinski definition) is 1. The summed E-state index contributed by atoms with van der Waals surface area (Å²) in [7, 11) is 0. The lowest BCUT2D eigenvalue weighted by Crippen LogP contribution is -2.39. The maximum absolute atomic E-state index is 12.1. The Hall–Kier alpha value is -2.11. The quantitative estimate of drug-likeness (QED) is 0.745. The number of carbonyl (C=O) groups excluding carboxylic acids is 1. The predicted molar refractivity (Wildman–Crippen MR) is 96.7 cm³/mol.